The topological polar surface area (TPSA) is 193 Å². The molecule has 15 nitrogen and oxygen atoms in total. The van der Waals surface area contributed by atoms with Gasteiger partial charge in [0.2, 0.25) is 29.4 Å². The summed E-state index contributed by atoms with van der Waals surface area (Å²) in [4.78, 5) is 97.6. The van der Waals surface area contributed by atoms with Crippen molar-refractivity contribution in [3.63, 3.8) is 0 Å². The summed E-state index contributed by atoms with van der Waals surface area (Å²) in [5.41, 5.74) is -1.37. The van der Waals surface area contributed by atoms with Crippen LogP contribution in [0.1, 0.15) is 110 Å². The molecule has 2 aliphatic carbocycles. The van der Waals surface area contributed by atoms with Crippen LogP contribution < -0.4 is 21.3 Å². The average molecular weight is 789 g/mol. The molecule has 4 N–H and O–H groups in total. The van der Waals surface area contributed by atoms with Crippen LogP contribution in [-0.4, -0.2) is 114 Å². The van der Waals surface area contributed by atoms with Crippen LogP contribution >= 0.6 is 11.3 Å². The Morgan fingerprint density at radius 1 is 0.909 bits per heavy atom. The van der Waals surface area contributed by atoms with Crippen molar-refractivity contribution in [3.05, 3.63) is 22.4 Å². The van der Waals surface area contributed by atoms with Gasteiger partial charge in [-0.25, -0.2) is 4.79 Å². The van der Waals surface area contributed by atoms with Gasteiger partial charge >= 0.3 is 6.09 Å². The molecule has 3 aliphatic rings. The van der Waals surface area contributed by atoms with E-state index in [4.69, 9.17) is 9.47 Å². The number of likely N-dealkylation sites (tertiary alicyclic amines) is 1. The zero-order chi connectivity index (χ0) is 40.7. The molecule has 4 rings (SSSR count). The molecular formula is C39H60N6O9S. The highest BCUT2D eigenvalue weighted by atomic mass is 32.1. The summed E-state index contributed by atoms with van der Waals surface area (Å²) in [5, 5.41) is 12.4. The standard InChI is InChI=1S/C39H60N6O9S/c1-38(2,3)53-25-20-27(45(22-25)36(51)30(24-13-10-9-11-14-24)43-37(52)54-39(4,5)6)33(48)41-26(19-23-16-17-23)32(47)34(49)40-21-29(46)42-31(35(50)44(7)8)28-15-12-18-55-28/h12,15,18,23-27,30-31H,9-11,13-14,16-17,19-22H2,1-8H3,(H,40,49)(H,41,48)(H,42,46)(H,43,52)/t25-,26?,27?,30+,31?/m1/s1. The van der Waals surface area contributed by atoms with Crippen molar-refractivity contribution in [1.82, 2.24) is 31.1 Å². The number of nitrogens with one attached hydrogen (secondary N) is 4. The van der Waals surface area contributed by atoms with Crippen LogP contribution in [0, 0.1) is 11.8 Å². The van der Waals surface area contributed by atoms with Gasteiger partial charge in [0.15, 0.2) is 0 Å². The Morgan fingerprint density at radius 3 is 2.15 bits per heavy atom. The summed E-state index contributed by atoms with van der Waals surface area (Å²) in [7, 11) is 3.14. The van der Waals surface area contributed by atoms with Crippen LogP contribution in [0.3, 0.4) is 0 Å². The Balaban J connectivity index is 1.49. The molecule has 55 heavy (non-hydrogen) atoms. The summed E-state index contributed by atoms with van der Waals surface area (Å²) in [6.45, 7) is 10.4. The highest BCUT2D eigenvalue weighted by molar-refractivity contribution is 7.10. The van der Waals surface area contributed by atoms with Crippen LogP contribution in [0.2, 0.25) is 0 Å². The Bertz CT molecular complexity index is 1540. The molecule has 2 saturated carbocycles. The van der Waals surface area contributed by atoms with Gasteiger partial charge in [-0.05, 0) is 84.1 Å². The van der Waals surface area contributed by atoms with Crippen molar-refractivity contribution in [3.8, 4) is 0 Å². The summed E-state index contributed by atoms with van der Waals surface area (Å²) < 4.78 is 11.8. The van der Waals surface area contributed by atoms with Crippen molar-refractivity contribution in [2.24, 2.45) is 11.8 Å². The predicted octanol–water partition coefficient (Wildman–Crippen LogP) is 3.22. The lowest BCUT2D eigenvalue weighted by Crippen LogP contribution is -2.58. The normalized spacial score (nSPS) is 20.8. The third kappa shape index (κ3) is 13.3. The van der Waals surface area contributed by atoms with Crippen molar-refractivity contribution in [1.29, 1.82) is 0 Å². The molecule has 3 unspecified atom stereocenters. The first-order valence-electron chi connectivity index (χ1n) is 19.4. The maximum Gasteiger partial charge on any atom is 0.408 e. The molecule has 16 heteroatoms. The Kier molecular flexibility index (Phi) is 14.9. The number of ether oxygens (including phenoxy) is 2. The van der Waals surface area contributed by atoms with Gasteiger partial charge in [0.1, 0.15) is 23.7 Å². The lowest BCUT2D eigenvalue weighted by Gasteiger charge is -2.35. The molecule has 5 atom stereocenters. The number of carbonyl (C=O) groups excluding carboxylic acids is 7. The van der Waals surface area contributed by atoms with Crippen molar-refractivity contribution in [2.45, 2.75) is 141 Å². The van der Waals surface area contributed by atoms with E-state index in [0.29, 0.717) is 4.88 Å². The number of thiophene rings is 1. The van der Waals surface area contributed by atoms with Crippen molar-refractivity contribution >= 4 is 52.7 Å². The summed E-state index contributed by atoms with van der Waals surface area (Å²) in [6.07, 6.45) is 5.10. The number of likely N-dealkylation sites (N-methyl/N-ethyl adjacent to an activating group) is 1. The van der Waals surface area contributed by atoms with Gasteiger partial charge in [-0.15, -0.1) is 11.3 Å². The fourth-order valence-corrected chi connectivity index (χ4v) is 7.88. The molecule has 0 bridgehead atoms. The molecule has 3 fully saturated rings. The number of nitrogens with zero attached hydrogens (tertiary/aromatic N) is 2. The summed E-state index contributed by atoms with van der Waals surface area (Å²) in [6, 6.07) is -0.673. The van der Waals surface area contributed by atoms with E-state index in [1.54, 1.807) is 52.4 Å². The lowest BCUT2D eigenvalue weighted by molar-refractivity contribution is -0.144. The third-order valence-corrected chi connectivity index (χ3v) is 10.7. The average Bonchev–Trinajstić information content (AvgIpc) is 3.56. The minimum Gasteiger partial charge on any atom is -0.444 e. The van der Waals surface area contributed by atoms with Gasteiger partial charge in [0, 0.05) is 31.9 Å². The van der Waals surface area contributed by atoms with E-state index in [1.807, 2.05) is 20.8 Å². The van der Waals surface area contributed by atoms with Gasteiger partial charge in [-0.1, -0.05) is 38.2 Å². The van der Waals surface area contributed by atoms with Gasteiger partial charge in [-0.3, -0.25) is 28.8 Å². The van der Waals surface area contributed by atoms with Gasteiger partial charge in [0.05, 0.1) is 24.3 Å². The number of alkyl carbamates (subject to hydrolysis) is 1. The van der Waals surface area contributed by atoms with Gasteiger partial charge in [-0.2, -0.15) is 0 Å². The first-order chi connectivity index (χ1) is 25.7. The molecule has 0 radical (unpaired) electrons. The van der Waals surface area contributed by atoms with Crippen molar-refractivity contribution in [2.75, 3.05) is 27.2 Å². The minimum absolute atomic E-state index is 0.0903. The molecule has 1 aromatic heterocycles. The minimum atomic E-state index is -1.20. The number of carbonyl (C=O) groups is 7. The Labute approximate surface area is 328 Å². The molecule has 0 aromatic carbocycles. The lowest BCUT2D eigenvalue weighted by atomic mass is 9.83. The predicted molar refractivity (Wildman–Crippen MR) is 206 cm³/mol. The van der Waals surface area contributed by atoms with Crippen LogP contribution in [-0.2, 0) is 38.2 Å². The van der Waals surface area contributed by atoms with E-state index in [1.165, 1.54) is 21.1 Å². The maximum absolute atomic E-state index is 14.5. The number of amides is 6. The SMILES string of the molecule is CN(C)C(=O)C(NC(=O)CNC(=O)C(=O)C(CC1CC1)NC(=O)C1C[C@@H](OC(C)(C)C)CN1C(=O)[C@@H](NC(=O)OC(C)(C)C)C1CCCCC1)c1cccs1. The highest BCUT2D eigenvalue weighted by Crippen LogP contribution is 2.35. The highest BCUT2D eigenvalue weighted by Gasteiger charge is 2.47. The second-order valence-electron chi connectivity index (χ2n) is 17.2. The number of ketones is 1. The van der Waals surface area contributed by atoms with E-state index in [0.717, 1.165) is 44.9 Å². The fraction of sp³-hybridized carbons (Fsp3) is 0.718. The van der Waals surface area contributed by atoms with Crippen LogP contribution in [0.25, 0.3) is 0 Å². The second kappa shape index (κ2) is 18.7. The van der Waals surface area contributed by atoms with Gasteiger partial charge < -0.3 is 40.5 Å². The Hall–Kier alpha value is -4.05. The number of rotatable bonds is 15. The fourth-order valence-electron chi connectivity index (χ4n) is 7.11. The molecule has 6 amide bonds. The number of hydrogen-bond acceptors (Lipinski definition) is 10. The molecule has 1 aromatic rings. The first kappa shape index (κ1) is 43.7. The monoisotopic (exact) mass is 788 g/mol. The van der Waals surface area contributed by atoms with E-state index >= 15 is 0 Å². The van der Waals surface area contributed by atoms with Crippen LogP contribution in [0.5, 0.6) is 0 Å². The van der Waals surface area contributed by atoms with Crippen LogP contribution in [0.15, 0.2) is 17.5 Å². The van der Waals surface area contributed by atoms with Gasteiger partial charge in [0.25, 0.3) is 5.91 Å². The summed E-state index contributed by atoms with van der Waals surface area (Å²) >= 11 is 1.30. The quantitative estimate of drug-likeness (QED) is 0.193. The van der Waals surface area contributed by atoms with Crippen molar-refractivity contribution < 1.29 is 43.0 Å². The van der Waals surface area contributed by atoms with E-state index in [2.05, 4.69) is 21.3 Å². The van der Waals surface area contributed by atoms with E-state index in [-0.39, 0.29) is 37.1 Å². The van der Waals surface area contributed by atoms with E-state index < -0.39 is 83.5 Å². The Morgan fingerprint density at radius 2 is 1.58 bits per heavy atom. The third-order valence-electron chi connectivity index (χ3n) is 9.78. The van der Waals surface area contributed by atoms with E-state index in [9.17, 15) is 33.6 Å². The smallest absolute Gasteiger partial charge is 0.408 e. The van der Waals surface area contributed by atoms with Crippen LogP contribution in [0.4, 0.5) is 4.79 Å². The largest absolute Gasteiger partial charge is 0.444 e. The molecule has 1 aliphatic heterocycles. The zero-order valence-corrected chi connectivity index (χ0v) is 34.3. The molecule has 1 saturated heterocycles. The zero-order valence-electron chi connectivity index (χ0n) is 33.5. The summed E-state index contributed by atoms with van der Waals surface area (Å²) in [5.74, 6) is -4.08. The first-order valence-corrected chi connectivity index (χ1v) is 20.2. The molecule has 306 valence electrons. The maximum atomic E-state index is 14.5. The molecule has 2 heterocycles. The number of hydrogen-bond donors (Lipinski definition) is 4. The molecule has 0 spiro atoms. The molecular weight excluding hydrogens is 729 g/mol. The second-order valence-corrected chi connectivity index (χ2v) is 18.1. The number of Topliss-reactive ketones (excluding diaryl/α,β-unsaturated/α-hetero) is 1.